The first kappa shape index (κ1) is 18.6. The van der Waals surface area contributed by atoms with E-state index in [0.717, 1.165) is 5.56 Å². The molecule has 1 aliphatic rings. The number of nitrogens with one attached hydrogen (secondary N) is 2. The second kappa shape index (κ2) is 7.61. The van der Waals surface area contributed by atoms with Gasteiger partial charge in [0.1, 0.15) is 6.61 Å². The van der Waals surface area contributed by atoms with Crippen LogP contribution in [0.15, 0.2) is 54.6 Å². The van der Waals surface area contributed by atoms with Crippen molar-refractivity contribution in [2.24, 2.45) is 5.41 Å². The van der Waals surface area contributed by atoms with E-state index in [0.29, 0.717) is 11.3 Å². The van der Waals surface area contributed by atoms with E-state index in [9.17, 15) is 14.4 Å². The van der Waals surface area contributed by atoms with Gasteiger partial charge in [0.25, 0.3) is 5.91 Å². The summed E-state index contributed by atoms with van der Waals surface area (Å²) in [4.78, 5) is 36.2. The smallest absolute Gasteiger partial charge is 0.307 e. The lowest BCUT2D eigenvalue weighted by Gasteiger charge is -2.23. The minimum atomic E-state index is -0.843. The van der Waals surface area contributed by atoms with Gasteiger partial charge in [0.05, 0.1) is 17.9 Å². The zero-order chi connectivity index (χ0) is 19.4. The normalized spacial score (nSPS) is 19.9. The molecule has 0 saturated carbocycles. The fourth-order valence-corrected chi connectivity index (χ4v) is 2.94. The number of rotatable bonds is 5. The van der Waals surface area contributed by atoms with Gasteiger partial charge in [0.15, 0.2) is 0 Å². The summed E-state index contributed by atoms with van der Waals surface area (Å²) in [5.41, 5.74) is 1.23. The van der Waals surface area contributed by atoms with Crippen LogP contribution in [0.5, 0.6) is 0 Å². The van der Waals surface area contributed by atoms with E-state index in [1.807, 2.05) is 31.2 Å². The predicted octanol–water partition coefficient (Wildman–Crippen LogP) is 3.07. The average Bonchev–Trinajstić information content (AvgIpc) is 3.02. The molecule has 1 saturated heterocycles. The van der Waals surface area contributed by atoms with E-state index in [4.69, 9.17) is 4.74 Å². The van der Waals surface area contributed by atoms with Crippen molar-refractivity contribution >= 4 is 23.5 Å². The highest BCUT2D eigenvalue weighted by atomic mass is 16.5. The lowest BCUT2D eigenvalue weighted by atomic mass is 9.88. The third kappa shape index (κ3) is 4.34. The molecule has 6 nitrogen and oxygen atoms in total. The molecule has 2 N–H and O–H groups in total. The zero-order valence-corrected chi connectivity index (χ0v) is 15.3. The molecule has 1 aliphatic heterocycles. The number of amides is 2. The lowest BCUT2D eigenvalue weighted by Crippen LogP contribution is -2.40. The van der Waals surface area contributed by atoms with Crippen molar-refractivity contribution in [2.75, 3.05) is 11.9 Å². The molecule has 2 atom stereocenters. The molecule has 2 unspecified atom stereocenters. The van der Waals surface area contributed by atoms with Crippen LogP contribution in [0.2, 0.25) is 0 Å². The summed E-state index contributed by atoms with van der Waals surface area (Å²) in [7, 11) is 0. The van der Waals surface area contributed by atoms with Crippen LogP contribution in [0.3, 0.4) is 0 Å². The number of hydrogen-bond acceptors (Lipinski definition) is 4. The Morgan fingerprint density at radius 2 is 1.85 bits per heavy atom. The highest BCUT2D eigenvalue weighted by Gasteiger charge is 2.43. The second-order valence-corrected chi connectivity index (χ2v) is 7.04. The summed E-state index contributed by atoms with van der Waals surface area (Å²) in [6.45, 7) is 3.67. The summed E-state index contributed by atoms with van der Waals surface area (Å²) >= 11 is 0. The van der Waals surface area contributed by atoms with Gasteiger partial charge >= 0.3 is 5.97 Å². The van der Waals surface area contributed by atoms with Gasteiger partial charge in [0.2, 0.25) is 5.91 Å². The molecular formula is C21H22N2O4. The van der Waals surface area contributed by atoms with Crippen molar-refractivity contribution < 1.29 is 19.1 Å². The first-order chi connectivity index (χ1) is 12.9. The molecule has 2 aromatic rings. The van der Waals surface area contributed by atoms with E-state index in [-0.39, 0.29) is 36.9 Å². The Kier molecular flexibility index (Phi) is 5.26. The third-order valence-corrected chi connectivity index (χ3v) is 4.66. The maximum absolute atomic E-state index is 12.5. The van der Waals surface area contributed by atoms with E-state index >= 15 is 0 Å². The van der Waals surface area contributed by atoms with Crippen molar-refractivity contribution in [1.29, 1.82) is 0 Å². The van der Waals surface area contributed by atoms with Crippen LogP contribution in [0.1, 0.15) is 42.2 Å². The predicted molar refractivity (Wildman–Crippen MR) is 101 cm³/mol. The molecular weight excluding hydrogens is 344 g/mol. The van der Waals surface area contributed by atoms with Gasteiger partial charge in [-0.05, 0) is 43.7 Å². The number of anilines is 1. The summed E-state index contributed by atoms with van der Waals surface area (Å²) in [6.07, 6.45) is 0.0821. The molecule has 6 heteroatoms. The van der Waals surface area contributed by atoms with Crippen molar-refractivity contribution in [3.8, 4) is 0 Å². The topological polar surface area (TPSA) is 84.5 Å². The number of ether oxygens (including phenoxy) is 1. The number of cyclic esters (lactones) is 1. The van der Waals surface area contributed by atoms with Crippen LogP contribution in [-0.4, -0.2) is 24.4 Å². The summed E-state index contributed by atoms with van der Waals surface area (Å²) in [5, 5.41) is 5.79. The van der Waals surface area contributed by atoms with Gasteiger partial charge in [0, 0.05) is 11.3 Å². The van der Waals surface area contributed by atoms with Crippen LogP contribution < -0.4 is 10.6 Å². The SMILES string of the molecule is CC(NC(=O)C1(C)COC(=O)C1)c1cccc(NC(=O)c2ccccc2)c1. The number of hydrogen-bond donors (Lipinski definition) is 2. The van der Waals surface area contributed by atoms with Gasteiger partial charge in [-0.3, -0.25) is 14.4 Å². The second-order valence-electron chi connectivity index (χ2n) is 7.04. The molecule has 0 aromatic heterocycles. The molecule has 0 radical (unpaired) electrons. The van der Waals surface area contributed by atoms with E-state index in [1.165, 1.54) is 0 Å². The monoisotopic (exact) mass is 366 g/mol. The number of esters is 1. The van der Waals surface area contributed by atoms with Gasteiger partial charge in [-0.15, -0.1) is 0 Å². The summed E-state index contributed by atoms with van der Waals surface area (Å²) in [5.74, 6) is -0.774. The maximum atomic E-state index is 12.5. The molecule has 1 heterocycles. The molecule has 0 bridgehead atoms. The Morgan fingerprint density at radius 1 is 1.11 bits per heavy atom. The van der Waals surface area contributed by atoms with Crippen LogP contribution in [0, 0.1) is 5.41 Å². The zero-order valence-electron chi connectivity index (χ0n) is 15.3. The highest BCUT2D eigenvalue weighted by Crippen LogP contribution is 2.30. The van der Waals surface area contributed by atoms with E-state index < -0.39 is 5.41 Å². The molecule has 3 rings (SSSR count). The van der Waals surface area contributed by atoms with E-state index in [1.54, 1.807) is 37.3 Å². The Balaban J connectivity index is 1.67. The van der Waals surface area contributed by atoms with Crippen LogP contribution in [-0.2, 0) is 14.3 Å². The molecule has 140 valence electrons. The Morgan fingerprint density at radius 3 is 2.52 bits per heavy atom. The molecule has 1 fully saturated rings. The van der Waals surface area contributed by atoms with Gasteiger partial charge in [-0.2, -0.15) is 0 Å². The summed E-state index contributed by atoms with van der Waals surface area (Å²) in [6, 6.07) is 16.0. The largest absolute Gasteiger partial charge is 0.464 e. The highest BCUT2D eigenvalue weighted by molar-refractivity contribution is 6.04. The maximum Gasteiger partial charge on any atom is 0.307 e. The van der Waals surface area contributed by atoms with Crippen molar-refractivity contribution in [3.63, 3.8) is 0 Å². The van der Waals surface area contributed by atoms with Gasteiger partial charge in [-0.25, -0.2) is 0 Å². The Bertz CT molecular complexity index is 865. The molecule has 0 aliphatic carbocycles. The quantitative estimate of drug-likeness (QED) is 0.797. The van der Waals surface area contributed by atoms with Gasteiger partial charge in [-0.1, -0.05) is 30.3 Å². The lowest BCUT2D eigenvalue weighted by molar-refractivity contribution is -0.137. The van der Waals surface area contributed by atoms with E-state index in [2.05, 4.69) is 10.6 Å². The van der Waals surface area contributed by atoms with Crippen LogP contribution in [0.4, 0.5) is 5.69 Å². The Hall–Kier alpha value is -3.15. The third-order valence-electron chi connectivity index (χ3n) is 4.66. The first-order valence-corrected chi connectivity index (χ1v) is 8.80. The minimum Gasteiger partial charge on any atom is -0.464 e. The fourth-order valence-electron chi connectivity index (χ4n) is 2.94. The number of carbonyl (C=O) groups excluding carboxylic acids is 3. The van der Waals surface area contributed by atoms with Gasteiger partial charge < -0.3 is 15.4 Å². The fraction of sp³-hybridized carbons (Fsp3) is 0.286. The molecule has 2 amide bonds. The van der Waals surface area contributed by atoms with Crippen LogP contribution in [0.25, 0.3) is 0 Å². The summed E-state index contributed by atoms with van der Waals surface area (Å²) < 4.78 is 4.93. The minimum absolute atomic E-state index is 0.0821. The molecule has 2 aromatic carbocycles. The van der Waals surface area contributed by atoms with Crippen molar-refractivity contribution in [2.45, 2.75) is 26.3 Å². The van der Waals surface area contributed by atoms with Crippen molar-refractivity contribution in [1.82, 2.24) is 5.32 Å². The number of benzene rings is 2. The standard InChI is InChI=1S/C21H22N2O4/c1-14(22-20(26)21(2)12-18(24)27-13-21)16-9-6-10-17(11-16)23-19(25)15-7-4-3-5-8-15/h3-11,14H,12-13H2,1-2H3,(H,22,26)(H,23,25). The van der Waals surface area contributed by atoms with Crippen LogP contribution >= 0.6 is 0 Å². The first-order valence-electron chi connectivity index (χ1n) is 8.80. The molecule has 27 heavy (non-hydrogen) atoms. The Labute approximate surface area is 157 Å². The number of carbonyl (C=O) groups is 3. The van der Waals surface area contributed by atoms with Crippen molar-refractivity contribution in [3.05, 3.63) is 65.7 Å². The average molecular weight is 366 g/mol. The molecule has 0 spiro atoms.